The summed E-state index contributed by atoms with van der Waals surface area (Å²) < 4.78 is 7.85. The highest BCUT2D eigenvalue weighted by atomic mass is 35.5. The van der Waals surface area contributed by atoms with Crippen LogP contribution in [-0.4, -0.2) is 70.4 Å². The lowest BCUT2D eigenvalue weighted by Crippen LogP contribution is -2.54. The van der Waals surface area contributed by atoms with Crippen LogP contribution in [0.25, 0.3) is 0 Å². The molecule has 0 spiro atoms. The van der Waals surface area contributed by atoms with Gasteiger partial charge in [-0.15, -0.1) is 24.8 Å². The average Bonchev–Trinajstić information content (AvgIpc) is 2.84. The largest absolute Gasteiger partial charge is 0.378 e. The number of hydrogen-bond donors (Lipinski definition) is 1. The molecule has 0 radical (unpaired) electrons. The van der Waals surface area contributed by atoms with Crippen LogP contribution in [0.1, 0.15) is 44.0 Å². The third-order valence-electron chi connectivity index (χ3n) is 5.82. The fourth-order valence-electron chi connectivity index (χ4n) is 4.21. The van der Waals surface area contributed by atoms with Gasteiger partial charge in [-0.1, -0.05) is 0 Å². The molecule has 1 N–H and O–H groups in total. The second-order valence-corrected chi connectivity index (χ2v) is 7.69. The predicted molar refractivity (Wildman–Crippen MR) is 113 cm³/mol. The molecule has 2 saturated heterocycles. The lowest BCUT2D eigenvalue weighted by atomic mass is 10.1. The van der Waals surface area contributed by atoms with Gasteiger partial charge in [-0.2, -0.15) is 5.10 Å². The Morgan fingerprint density at radius 3 is 2.61 bits per heavy atom. The quantitative estimate of drug-likeness (QED) is 0.766. The van der Waals surface area contributed by atoms with E-state index in [-0.39, 0.29) is 36.8 Å². The Balaban J connectivity index is 0.00000140. The standard InChI is InChI=1S/C19H31N5O2.2ClH/c1-2-26-17-5-10-22(11-6-17)13-15-12-16-14-23(8-3-9-24(16)21-15)19(25)18-4-7-20-18;;/h12,17-18,20H,2-11,13-14H2,1H3;2*1H/t18-;;/m0../s1. The van der Waals surface area contributed by atoms with Crippen molar-refractivity contribution in [2.24, 2.45) is 0 Å². The number of rotatable bonds is 5. The van der Waals surface area contributed by atoms with Crippen molar-refractivity contribution in [3.63, 3.8) is 0 Å². The zero-order chi connectivity index (χ0) is 17.9. The normalized spacial score (nSPS) is 23.0. The molecule has 7 nitrogen and oxygen atoms in total. The zero-order valence-corrected chi connectivity index (χ0v) is 18.3. The predicted octanol–water partition coefficient (Wildman–Crippen LogP) is 1.82. The van der Waals surface area contributed by atoms with E-state index in [1.165, 1.54) is 5.69 Å². The minimum atomic E-state index is 0. The molecule has 0 aliphatic carbocycles. The molecule has 28 heavy (non-hydrogen) atoms. The number of amides is 1. The fraction of sp³-hybridized carbons (Fsp3) is 0.789. The van der Waals surface area contributed by atoms with Crippen molar-refractivity contribution < 1.29 is 9.53 Å². The number of aromatic nitrogens is 2. The number of carbonyl (C=O) groups excluding carboxylic acids is 1. The number of halogens is 2. The number of piperidine rings is 1. The summed E-state index contributed by atoms with van der Waals surface area (Å²) in [5.74, 6) is 0.255. The van der Waals surface area contributed by atoms with Crippen molar-refractivity contribution in [3.05, 3.63) is 17.5 Å². The molecule has 0 unspecified atom stereocenters. The van der Waals surface area contributed by atoms with Gasteiger partial charge in [-0.3, -0.25) is 14.4 Å². The highest BCUT2D eigenvalue weighted by Crippen LogP contribution is 2.19. The SMILES string of the molecule is CCOC1CCN(Cc2cc3n(n2)CCCN(C(=O)[C@@H]2CCN2)C3)CC1.Cl.Cl. The van der Waals surface area contributed by atoms with Crippen LogP contribution in [0, 0.1) is 0 Å². The van der Waals surface area contributed by atoms with Gasteiger partial charge >= 0.3 is 0 Å². The molecule has 1 aromatic heterocycles. The van der Waals surface area contributed by atoms with Crippen molar-refractivity contribution in [2.75, 3.05) is 32.8 Å². The van der Waals surface area contributed by atoms with Crippen molar-refractivity contribution in [1.82, 2.24) is 24.9 Å². The van der Waals surface area contributed by atoms with Crippen molar-refractivity contribution >= 4 is 30.7 Å². The first kappa shape index (κ1) is 23.4. The lowest BCUT2D eigenvalue weighted by molar-refractivity contribution is -0.135. The number of ether oxygens (including phenoxy) is 1. The fourth-order valence-corrected chi connectivity index (χ4v) is 4.21. The van der Waals surface area contributed by atoms with E-state index in [9.17, 15) is 4.79 Å². The van der Waals surface area contributed by atoms with Gasteiger partial charge in [0.1, 0.15) is 0 Å². The second-order valence-electron chi connectivity index (χ2n) is 7.69. The Kier molecular flexibility index (Phi) is 9.02. The Bertz CT molecular complexity index is 630. The summed E-state index contributed by atoms with van der Waals surface area (Å²) in [7, 11) is 0. The maximum Gasteiger partial charge on any atom is 0.240 e. The first-order valence-corrected chi connectivity index (χ1v) is 10.1. The summed E-state index contributed by atoms with van der Waals surface area (Å²) in [5.41, 5.74) is 2.31. The number of likely N-dealkylation sites (tertiary alicyclic amines) is 1. The van der Waals surface area contributed by atoms with E-state index in [2.05, 4.69) is 27.9 Å². The zero-order valence-electron chi connectivity index (χ0n) is 16.6. The van der Waals surface area contributed by atoms with Gasteiger partial charge in [-0.05, 0) is 45.2 Å². The molecular formula is C19H33Cl2N5O2. The maximum absolute atomic E-state index is 12.6. The molecule has 0 saturated carbocycles. The van der Waals surface area contributed by atoms with E-state index in [0.717, 1.165) is 77.3 Å². The highest BCUT2D eigenvalue weighted by molar-refractivity contribution is 5.85. The molecule has 4 heterocycles. The van der Waals surface area contributed by atoms with Gasteiger partial charge in [0.15, 0.2) is 0 Å². The van der Waals surface area contributed by atoms with Crippen molar-refractivity contribution in [1.29, 1.82) is 0 Å². The number of nitrogens with zero attached hydrogens (tertiary/aromatic N) is 4. The van der Waals surface area contributed by atoms with Gasteiger partial charge in [0, 0.05) is 39.3 Å². The van der Waals surface area contributed by atoms with E-state index in [1.54, 1.807) is 0 Å². The molecule has 1 aromatic rings. The minimum Gasteiger partial charge on any atom is -0.378 e. The molecule has 160 valence electrons. The number of carbonyl (C=O) groups is 1. The van der Waals surface area contributed by atoms with Gasteiger partial charge in [0.25, 0.3) is 0 Å². The van der Waals surface area contributed by atoms with Gasteiger partial charge < -0.3 is 15.0 Å². The van der Waals surface area contributed by atoms with Crippen LogP contribution in [0.15, 0.2) is 6.07 Å². The Labute approximate surface area is 180 Å². The molecule has 1 amide bonds. The summed E-state index contributed by atoms with van der Waals surface area (Å²) in [5, 5.41) is 8.05. The molecule has 0 bridgehead atoms. The van der Waals surface area contributed by atoms with Gasteiger partial charge in [-0.25, -0.2) is 0 Å². The number of fused-ring (bicyclic) bond motifs is 1. The van der Waals surface area contributed by atoms with Gasteiger partial charge in [0.2, 0.25) is 5.91 Å². The summed E-state index contributed by atoms with van der Waals surface area (Å²) in [4.78, 5) is 17.0. The van der Waals surface area contributed by atoms with E-state index in [4.69, 9.17) is 9.84 Å². The van der Waals surface area contributed by atoms with Gasteiger partial charge in [0.05, 0.1) is 30.1 Å². The molecule has 9 heteroatoms. The van der Waals surface area contributed by atoms with Crippen molar-refractivity contribution in [3.8, 4) is 0 Å². The van der Waals surface area contributed by atoms with Crippen LogP contribution in [0.2, 0.25) is 0 Å². The van der Waals surface area contributed by atoms with E-state index in [1.807, 2.05) is 4.90 Å². The summed E-state index contributed by atoms with van der Waals surface area (Å²) in [6, 6.07) is 2.24. The molecule has 1 atom stereocenters. The molecule has 3 aliphatic rings. The van der Waals surface area contributed by atoms with Crippen LogP contribution < -0.4 is 5.32 Å². The summed E-state index contributed by atoms with van der Waals surface area (Å²) >= 11 is 0. The Morgan fingerprint density at radius 1 is 1.21 bits per heavy atom. The average molecular weight is 434 g/mol. The topological polar surface area (TPSA) is 62.6 Å². The van der Waals surface area contributed by atoms with E-state index >= 15 is 0 Å². The third kappa shape index (κ3) is 5.39. The number of hydrogen-bond acceptors (Lipinski definition) is 5. The summed E-state index contributed by atoms with van der Waals surface area (Å²) in [6.07, 6.45) is 4.59. The molecule has 0 aromatic carbocycles. The highest BCUT2D eigenvalue weighted by Gasteiger charge is 2.30. The Morgan fingerprint density at radius 2 is 1.96 bits per heavy atom. The molecule has 4 rings (SSSR count). The Hall–Kier alpha value is -0.860. The third-order valence-corrected chi connectivity index (χ3v) is 5.82. The van der Waals surface area contributed by atoms with Crippen LogP contribution in [0.3, 0.4) is 0 Å². The first-order chi connectivity index (χ1) is 12.7. The van der Waals surface area contributed by atoms with Crippen LogP contribution >= 0.6 is 24.8 Å². The first-order valence-electron chi connectivity index (χ1n) is 10.1. The van der Waals surface area contributed by atoms with Crippen LogP contribution in [0.5, 0.6) is 0 Å². The molecular weight excluding hydrogens is 401 g/mol. The second kappa shape index (κ2) is 10.8. The van der Waals surface area contributed by atoms with Crippen LogP contribution in [-0.2, 0) is 29.2 Å². The molecule has 3 aliphatic heterocycles. The molecule has 2 fully saturated rings. The lowest BCUT2D eigenvalue weighted by Gasteiger charge is -2.32. The van der Waals surface area contributed by atoms with E-state index in [0.29, 0.717) is 12.6 Å². The number of nitrogens with one attached hydrogen (secondary N) is 1. The van der Waals surface area contributed by atoms with E-state index < -0.39 is 0 Å². The van der Waals surface area contributed by atoms with Crippen molar-refractivity contribution in [2.45, 2.75) is 64.4 Å². The minimum absolute atomic E-state index is 0. The van der Waals surface area contributed by atoms with Crippen LogP contribution in [0.4, 0.5) is 0 Å². The monoisotopic (exact) mass is 433 g/mol. The smallest absolute Gasteiger partial charge is 0.240 e. The number of aryl methyl sites for hydroxylation is 1. The maximum atomic E-state index is 12.6. The summed E-state index contributed by atoms with van der Waals surface area (Å²) in [6.45, 7) is 9.32.